The molecule has 1 N–H and O–H groups in total. The lowest BCUT2D eigenvalue weighted by Crippen LogP contribution is -2.42. The lowest BCUT2D eigenvalue weighted by atomic mass is 9.86. The molecule has 1 aliphatic heterocycles. The summed E-state index contributed by atoms with van der Waals surface area (Å²) in [4.78, 5) is 4.22. The first-order valence-electron chi connectivity index (χ1n) is 7.84. The van der Waals surface area contributed by atoms with Gasteiger partial charge in [-0.3, -0.25) is 4.90 Å². The van der Waals surface area contributed by atoms with Gasteiger partial charge in [0, 0.05) is 37.1 Å². The molecule has 1 saturated carbocycles. The second-order valence-electron chi connectivity index (χ2n) is 6.22. The van der Waals surface area contributed by atoms with E-state index >= 15 is 0 Å². The molecule has 3 heteroatoms. The third-order valence-electron chi connectivity index (χ3n) is 4.83. The van der Waals surface area contributed by atoms with Gasteiger partial charge in [-0.05, 0) is 42.2 Å². The van der Waals surface area contributed by atoms with Crippen LogP contribution in [0.25, 0.3) is 0 Å². The predicted molar refractivity (Wildman–Crippen MR) is 82.7 cm³/mol. The molecule has 2 atom stereocenters. The van der Waals surface area contributed by atoms with Crippen LogP contribution in [-0.2, 0) is 13.0 Å². The summed E-state index contributed by atoms with van der Waals surface area (Å²) in [5, 5.41) is 6.04. The monoisotopic (exact) mass is 278 g/mol. The Hall–Kier alpha value is -0.380. The molecule has 2 heterocycles. The fourth-order valence-corrected chi connectivity index (χ4v) is 4.42. The first-order valence-corrected chi connectivity index (χ1v) is 8.72. The highest BCUT2D eigenvalue weighted by Gasteiger charge is 2.21. The average Bonchev–Trinajstić information content (AvgIpc) is 2.88. The molecule has 0 radical (unpaired) electrons. The van der Waals surface area contributed by atoms with E-state index in [9.17, 15) is 0 Å². The van der Waals surface area contributed by atoms with Gasteiger partial charge < -0.3 is 5.32 Å². The maximum Gasteiger partial charge on any atom is 0.0245 e. The third kappa shape index (κ3) is 3.39. The van der Waals surface area contributed by atoms with E-state index in [0.717, 1.165) is 18.5 Å². The van der Waals surface area contributed by atoms with Gasteiger partial charge >= 0.3 is 0 Å². The Bertz CT molecular complexity index is 401. The third-order valence-corrected chi connectivity index (χ3v) is 5.86. The summed E-state index contributed by atoms with van der Waals surface area (Å²) >= 11 is 1.93. The first-order chi connectivity index (χ1) is 9.33. The highest BCUT2D eigenvalue weighted by Crippen LogP contribution is 2.25. The number of fused-ring (bicyclic) bond motifs is 1. The summed E-state index contributed by atoms with van der Waals surface area (Å²) in [5.41, 5.74) is 1.57. The van der Waals surface area contributed by atoms with E-state index in [0.29, 0.717) is 0 Å². The summed E-state index contributed by atoms with van der Waals surface area (Å²) < 4.78 is 0. The van der Waals surface area contributed by atoms with Crippen molar-refractivity contribution in [3.05, 3.63) is 21.9 Å². The van der Waals surface area contributed by atoms with Gasteiger partial charge in [-0.2, -0.15) is 0 Å². The SMILES string of the molecule is CC1CCCCC1NCCN1CCc2sccc2C1. The molecule has 2 nitrogen and oxygen atoms in total. The Morgan fingerprint density at radius 2 is 2.26 bits per heavy atom. The summed E-state index contributed by atoms with van der Waals surface area (Å²) in [6.07, 6.45) is 6.92. The average molecular weight is 278 g/mol. The van der Waals surface area contributed by atoms with Crippen molar-refractivity contribution < 1.29 is 0 Å². The fraction of sp³-hybridized carbons (Fsp3) is 0.750. The van der Waals surface area contributed by atoms with Crippen LogP contribution in [0.3, 0.4) is 0 Å². The van der Waals surface area contributed by atoms with Crippen molar-refractivity contribution in [1.29, 1.82) is 0 Å². The lowest BCUT2D eigenvalue weighted by Gasteiger charge is -2.32. The van der Waals surface area contributed by atoms with Crippen LogP contribution in [-0.4, -0.2) is 30.6 Å². The minimum atomic E-state index is 0.773. The summed E-state index contributed by atoms with van der Waals surface area (Å²) in [6.45, 7) is 7.19. The van der Waals surface area contributed by atoms with Crippen molar-refractivity contribution in [1.82, 2.24) is 10.2 Å². The molecular weight excluding hydrogens is 252 g/mol. The van der Waals surface area contributed by atoms with E-state index in [-0.39, 0.29) is 0 Å². The van der Waals surface area contributed by atoms with E-state index < -0.39 is 0 Å². The van der Waals surface area contributed by atoms with Crippen LogP contribution in [0.5, 0.6) is 0 Å². The van der Waals surface area contributed by atoms with Gasteiger partial charge in [-0.15, -0.1) is 11.3 Å². The molecule has 106 valence electrons. The number of rotatable bonds is 4. The molecule has 19 heavy (non-hydrogen) atoms. The Kier molecular flexibility index (Phi) is 4.57. The number of thiophene rings is 1. The number of hydrogen-bond acceptors (Lipinski definition) is 3. The van der Waals surface area contributed by atoms with Gasteiger partial charge in [0.25, 0.3) is 0 Å². The molecule has 1 aromatic rings. The van der Waals surface area contributed by atoms with E-state index in [2.05, 4.69) is 28.6 Å². The van der Waals surface area contributed by atoms with Crippen LogP contribution in [0.4, 0.5) is 0 Å². The lowest BCUT2D eigenvalue weighted by molar-refractivity contribution is 0.230. The zero-order valence-electron chi connectivity index (χ0n) is 12.0. The highest BCUT2D eigenvalue weighted by molar-refractivity contribution is 7.10. The number of nitrogens with one attached hydrogen (secondary N) is 1. The Morgan fingerprint density at radius 3 is 3.16 bits per heavy atom. The van der Waals surface area contributed by atoms with Crippen LogP contribution in [0.1, 0.15) is 43.0 Å². The molecule has 0 aromatic carbocycles. The predicted octanol–water partition coefficient (Wildman–Crippen LogP) is 3.27. The smallest absolute Gasteiger partial charge is 0.0245 e. The normalized spacial score (nSPS) is 28.3. The molecule has 0 amide bonds. The largest absolute Gasteiger partial charge is 0.312 e. The quantitative estimate of drug-likeness (QED) is 0.909. The molecule has 0 saturated heterocycles. The second kappa shape index (κ2) is 6.38. The fourth-order valence-electron chi connectivity index (χ4n) is 3.53. The van der Waals surface area contributed by atoms with Crippen molar-refractivity contribution in [3.8, 4) is 0 Å². The van der Waals surface area contributed by atoms with Gasteiger partial charge in [0.1, 0.15) is 0 Å². The van der Waals surface area contributed by atoms with Crippen LogP contribution in [0.2, 0.25) is 0 Å². The van der Waals surface area contributed by atoms with E-state index in [1.807, 2.05) is 11.3 Å². The van der Waals surface area contributed by atoms with Crippen LogP contribution in [0.15, 0.2) is 11.4 Å². The molecule has 0 bridgehead atoms. The molecule has 1 aromatic heterocycles. The second-order valence-corrected chi connectivity index (χ2v) is 7.22. The number of nitrogens with zero attached hydrogens (tertiary/aromatic N) is 1. The molecule has 2 unspecified atom stereocenters. The maximum atomic E-state index is 3.80. The molecular formula is C16H26N2S. The van der Waals surface area contributed by atoms with Gasteiger partial charge in [0.2, 0.25) is 0 Å². The van der Waals surface area contributed by atoms with Crippen molar-refractivity contribution in [2.75, 3.05) is 19.6 Å². The first kappa shape index (κ1) is 13.6. The topological polar surface area (TPSA) is 15.3 Å². The zero-order chi connectivity index (χ0) is 13.1. The van der Waals surface area contributed by atoms with Gasteiger partial charge in [0.15, 0.2) is 0 Å². The molecule has 2 aliphatic rings. The summed E-state index contributed by atoms with van der Waals surface area (Å²) in [7, 11) is 0. The zero-order valence-corrected chi connectivity index (χ0v) is 12.8. The summed E-state index contributed by atoms with van der Waals surface area (Å²) in [5.74, 6) is 0.874. The Balaban J connectivity index is 1.41. The molecule has 1 aliphatic carbocycles. The van der Waals surface area contributed by atoms with E-state index in [4.69, 9.17) is 0 Å². The number of hydrogen-bond donors (Lipinski definition) is 1. The van der Waals surface area contributed by atoms with Crippen molar-refractivity contribution in [2.24, 2.45) is 5.92 Å². The Labute approximate surface area is 121 Å². The van der Waals surface area contributed by atoms with Gasteiger partial charge in [0.05, 0.1) is 0 Å². The minimum Gasteiger partial charge on any atom is -0.312 e. The molecule has 0 spiro atoms. The maximum absolute atomic E-state index is 3.80. The molecule has 3 rings (SSSR count). The Morgan fingerprint density at radius 1 is 1.37 bits per heavy atom. The highest BCUT2D eigenvalue weighted by atomic mass is 32.1. The van der Waals surface area contributed by atoms with Gasteiger partial charge in [-0.1, -0.05) is 19.8 Å². The van der Waals surface area contributed by atoms with Crippen molar-refractivity contribution in [3.63, 3.8) is 0 Å². The molecule has 1 fully saturated rings. The van der Waals surface area contributed by atoms with Crippen LogP contribution in [0, 0.1) is 5.92 Å². The van der Waals surface area contributed by atoms with E-state index in [1.54, 1.807) is 10.4 Å². The minimum absolute atomic E-state index is 0.773. The van der Waals surface area contributed by atoms with Crippen LogP contribution < -0.4 is 5.32 Å². The van der Waals surface area contributed by atoms with Crippen molar-refractivity contribution >= 4 is 11.3 Å². The standard InChI is InChI=1S/C16H26N2S/c1-13-4-2-3-5-15(13)17-8-10-18-9-6-16-14(12-18)7-11-19-16/h7,11,13,15,17H,2-6,8-10,12H2,1H3. The summed E-state index contributed by atoms with van der Waals surface area (Å²) in [6, 6.07) is 3.08. The van der Waals surface area contributed by atoms with Crippen LogP contribution >= 0.6 is 11.3 Å². The van der Waals surface area contributed by atoms with E-state index in [1.165, 1.54) is 51.7 Å². The van der Waals surface area contributed by atoms with Crippen molar-refractivity contribution in [2.45, 2.75) is 51.6 Å². The van der Waals surface area contributed by atoms with Gasteiger partial charge in [-0.25, -0.2) is 0 Å².